The van der Waals surface area contributed by atoms with Gasteiger partial charge in [-0.2, -0.15) is 0 Å². The van der Waals surface area contributed by atoms with Crippen molar-refractivity contribution in [2.45, 2.75) is 47.0 Å². The zero-order valence-electron chi connectivity index (χ0n) is 11.1. The molecule has 94 valence electrons. The molecule has 1 heterocycles. The summed E-state index contributed by atoms with van der Waals surface area (Å²) in [7, 11) is 0. The third kappa shape index (κ3) is 2.25. The number of hydrogen-bond acceptors (Lipinski definition) is 3. The Kier molecular flexibility index (Phi) is 3.06. The SMILES string of the molecule is CC1CCc2c(sc(N)c2C(=O)C(C)(C)C)C1. The number of thiophene rings is 1. The van der Waals surface area contributed by atoms with Gasteiger partial charge >= 0.3 is 0 Å². The Hall–Kier alpha value is -0.830. The van der Waals surface area contributed by atoms with Gasteiger partial charge in [0.15, 0.2) is 5.78 Å². The highest BCUT2D eigenvalue weighted by Crippen LogP contribution is 2.40. The average molecular weight is 251 g/mol. The number of Topliss-reactive ketones (excluding diaryl/α,β-unsaturated/α-hetero) is 1. The van der Waals surface area contributed by atoms with Crippen LogP contribution >= 0.6 is 11.3 Å². The maximum atomic E-state index is 12.4. The summed E-state index contributed by atoms with van der Waals surface area (Å²) in [5, 5.41) is 0.726. The van der Waals surface area contributed by atoms with E-state index >= 15 is 0 Å². The van der Waals surface area contributed by atoms with Crippen LogP contribution in [0.4, 0.5) is 5.00 Å². The third-order valence-electron chi connectivity index (χ3n) is 3.45. The van der Waals surface area contributed by atoms with Crippen molar-refractivity contribution in [2.75, 3.05) is 5.73 Å². The predicted octanol–water partition coefficient (Wildman–Crippen LogP) is 3.68. The zero-order chi connectivity index (χ0) is 12.8. The minimum atomic E-state index is -0.341. The van der Waals surface area contributed by atoms with Crippen LogP contribution in [0.15, 0.2) is 0 Å². The fourth-order valence-corrected chi connectivity index (χ4v) is 3.67. The molecule has 1 aromatic heterocycles. The minimum absolute atomic E-state index is 0.196. The van der Waals surface area contributed by atoms with Crippen LogP contribution in [0, 0.1) is 11.3 Å². The van der Waals surface area contributed by atoms with Crippen LogP contribution in [-0.2, 0) is 12.8 Å². The zero-order valence-corrected chi connectivity index (χ0v) is 11.9. The smallest absolute Gasteiger partial charge is 0.171 e. The van der Waals surface area contributed by atoms with Gasteiger partial charge in [0.2, 0.25) is 0 Å². The molecule has 2 nitrogen and oxygen atoms in total. The molecule has 0 saturated heterocycles. The second-order valence-corrected chi connectivity index (χ2v) is 7.31. The van der Waals surface area contributed by atoms with Crippen molar-refractivity contribution in [2.24, 2.45) is 11.3 Å². The lowest BCUT2D eigenvalue weighted by Crippen LogP contribution is -2.23. The minimum Gasteiger partial charge on any atom is -0.390 e. The van der Waals surface area contributed by atoms with E-state index in [2.05, 4.69) is 6.92 Å². The molecule has 1 unspecified atom stereocenters. The van der Waals surface area contributed by atoms with Crippen molar-refractivity contribution in [3.05, 3.63) is 16.0 Å². The van der Waals surface area contributed by atoms with Gasteiger partial charge in [0.25, 0.3) is 0 Å². The van der Waals surface area contributed by atoms with E-state index in [0.717, 1.165) is 29.3 Å². The van der Waals surface area contributed by atoms with E-state index in [1.807, 2.05) is 20.8 Å². The fourth-order valence-electron chi connectivity index (χ4n) is 2.40. The van der Waals surface area contributed by atoms with Crippen LogP contribution in [-0.4, -0.2) is 5.78 Å². The first kappa shape index (κ1) is 12.6. The van der Waals surface area contributed by atoms with Gasteiger partial charge < -0.3 is 5.73 Å². The Morgan fingerprint density at radius 3 is 2.65 bits per heavy atom. The van der Waals surface area contributed by atoms with E-state index in [-0.39, 0.29) is 11.2 Å². The van der Waals surface area contributed by atoms with Gasteiger partial charge in [-0.15, -0.1) is 11.3 Å². The van der Waals surface area contributed by atoms with E-state index in [1.165, 1.54) is 16.9 Å². The van der Waals surface area contributed by atoms with Gasteiger partial charge in [-0.25, -0.2) is 0 Å². The van der Waals surface area contributed by atoms with E-state index in [1.54, 1.807) is 11.3 Å². The molecule has 0 amide bonds. The number of anilines is 1. The van der Waals surface area contributed by atoms with Crippen LogP contribution < -0.4 is 5.73 Å². The summed E-state index contributed by atoms with van der Waals surface area (Å²) < 4.78 is 0. The van der Waals surface area contributed by atoms with Gasteiger partial charge in [-0.3, -0.25) is 4.79 Å². The van der Waals surface area contributed by atoms with Crippen molar-refractivity contribution >= 4 is 22.1 Å². The molecule has 17 heavy (non-hydrogen) atoms. The molecule has 0 radical (unpaired) electrons. The average Bonchev–Trinajstić information content (AvgIpc) is 2.50. The molecular formula is C14H21NOS. The molecular weight excluding hydrogens is 230 g/mol. The molecule has 0 saturated carbocycles. The molecule has 2 rings (SSSR count). The van der Waals surface area contributed by atoms with Crippen LogP contribution in [0.3, 0.4) is 0 Å². The number of ketones is 1. The van der Waals surface area contributed by atoms with Crippen LogP contribution in [0.1, 0.15) is 54.9 Å². The molecule has 1 aliphatic rings. The number of carbonyl (C=O) groups excluding carboxylic acids is 1. The second kappa shape index (κ2) is 4.13. The maximum Gasteiger partial charge on any atom is 0.171 e. The summed E-state index contributed by atoms with van der Waals surface area (Å²) in [5.41, 5.74) is 7.79. The van der Waals surface area contributed by atoms with Gasteiger partial charge in [-0.1, -0.05) is 27.7 Å². The van der Waals surface area contributed by atoms with Crippen molar-refractivity contribution in [3.63, 3.8) is 0 Å². The number of carbonyl (C=O) groups is 1. The largest absolute Gasteiger partial charge is 0.390 e. The molecule has 1 atom stereocenters. The normalized spacial score (nSPS) is 20.1. The summed E-state index contributed by atoms with van der Waals surface area (Å²) in [6.45, 7) is 8.16. The summed E-state index contributed by atoms with van der Waals surface area (Å²) in [6, 6.07) is 0. The first-order valence-corrected chi connectivity index (χ1v) is 7.07. The topological polar surface area (TPSA) is 43.1 Å². The Bertz CT molecular complexity index is 454. The van der Waals surface area contributed by atoms with Crippen LogP contribution in [0.5, 0.6) is 0 Å². The molecule has 1 aliphatic carbocycles. The summed E-state index contributed by atoms with van der Waals surface area (Å²) >= 11 is 1.62. The summed E-state index contributed by atoms with van der Waals surface area (Å²) in [5.74, 6) is 0.917. The molecule has 3 heteroatoms. The number of rotatable bonds is 1. The molecule has 2 N–H and O–H groups in total. The van der Waals surface area contributed by atoms with E-state index < -0.39 is 0 Å². The molecule has 0 spiro atoms. The van der Waals surface area contributed by atoms with Crippen molar-refractivity contribution in [1.29, 1.82) is 0 Å². The third-order valence-corrected chi connectivity index (χ3v) is 4.53. The van der Waals surface area contributed by atoms with Gasteiger partial charge in [0.05, 0.1) is 10.6 Å². The Morgan fingerprint density at radius 1 is 1.41 bits per heavy atom. The van der Waals surface area contributed by atoms with Crippen molar-refractivity contribution < 1.29 is 4.79 Å². The Labute approximate surface area is 107 Å². The quantitative estimate of drug-likeness (QED) is 0.774. The lowest BCUT2D eigenvalue weighted by atomic mass is 9.81. The fraction of sp³-hybridized carbons (Fsp3) is 0.643. The van der Waals surface area contributed by atoms with Crippen molar-refractivity contribution in [1.82, 2.24) is 0 Å². The summed E-state index contributed by atoms with van der Waals surface area (Å²) in [6.07, 6.45) is 3.27. The maximum absolute atomic E-state index is 12.4. The van der Waals surface area contributed by atoms with E-state index in [0.29, 0.717) is 0 Å². The first-order chi connectivity index (χ1) is 7.80. The van der Waals surface area contributed by atoms with Gasteiger partial charge in [0, 0.05) is 10.3 Å². The molecule has 0 aliphatic heterocycles. The van der Waals surface area contributed by atoms with Crippen LogP contribution in [0.25, 0.3) is 0 Å². The predicted molar refractivity (Wildman–Crippen MR) is 73.7 cm³/mol. The lowest BCUT2D eigenvalue weighted by molar-refractivity contribution is 0.0858. The Balaban J connectivity index is 2.46. The lowest BCUT2D eigenvalue weighted by Gasteiger charge is -2.21. The second-order valence-electron chi connectivity index (χ2n) is 6.17. The monoisotopic (exact) mass is 251 g/mol. The van der Waals surface area contributed by atoms with Crippen LogP contribution in [0.2, 0.25) is 0 Å². The van der Waals surface area contributed by atoms with E-state index in [9.17, 15) is 4.79 Å². The Morgan fingerprint density at radius 2 is 2.06 bits per heavy atom. The number of fused-ring (bicyclic) bond motifs is 1. The number of nitrogen functional groups attached to an aromatic ring is 1. The highest BCUT2D eigenvalue weighted by atomic mass is 32.1. The highest BCUT2D eigenvalue weighted by Gasteiger charge is 2.31. The molecule has 1 aromatic rings. The van der Waals surface area contributed by atoms with Crippen molar-refractivity contribution in [3.8, 4) is 0 Å². The molecule has 0 bridgehead atoms. The van der Waals surface area contributed by atoms with Gasteiger partial charge in [-0.05, 0) is 30.7 Å². The summed E-state index contributed by atoms with van der Waals surface area (Å²) in [4.78, 5) is 13.8. The molecule has 0 aromatic carbocycles. The number of nitrogens with two attached hydrogens (primary N) is 1. The van der Waals surface area contributed by atoms with E-state index in [4.69, 9.17) is 5.73 Å². The number of hydrogen-bond donors (Lipinski definition) is 1. The highest BCUT2D eigenvalue weighted by molar-refractivity contribution is 7.16. The van der Waals surface area contributed by atoms with Gasteiger partial charge in [0.1, 0.15) is 0 Å². The first-order valence-electron chi connectivity index (χ1n) is 6.25. The standard InChI is InChI=1S/C14H21NOS/c1-8-5-6-9-10(7-8)17-13(15)11(9)12(16)14(2,3)4/h8H,5-7,15H2,1-4H3. The molecule has 0 fully saturated rings.